The van der Waals surface area contributed by atoms with Crippen molar-refractivity contribution < 1.29 is 0 Å². The first-order valence-corrected chi connectivity index (χ1v) is 5.70. The van der Waals surface area contributed by atoms with Gasteiger partial charge >= 0.3 is 0 Å². The van der Waals surface area contributed by atoms with Crippen molar-refractivity contribution in [3.8, 4) is 0 Å². The number of anilines is 2. The predicted molar refractivity (Wildman–Crippen MR) is 71.1 cm³/mol. The molecule has 0 atom stereocenters. The van der Waals surface area contributed by atoms with E-state index < -0.39 is 0 Å². The number of pyridine rings is 1. The molecule has 0 spiro atoms. The molecule has 6 heteroatoms. The third kappa shape index (κ3) is 3.14. The fourth-order valence-corrected chi connectivity index (χ4v) is 1.57. The minimum atomic E-state index is 0.414. The molecule has 6 nitrogen and oxygen atoms in total. The van der Waals surface area contributed by atoms with Crippen LogP contribution in [0.3, 0.4) is 0 Å². The third-order valence-electron chi connectivity index (χ3n) is 2.59. The van der Waals surface area contributed by atoms with Crippen LogP contribution < -0.4 is 16.2 Å². The predicted octanol–water partition coefficient (Wildman–Crippen LogP) is 0.836. The lowest BCUT2D eigenvalue weighted by molar-refractivity contribution is 0.836. The fourth-order valence-electron chi connectivity index (χ4n) is 1.57. The van der Waals surface area contributed by atoms with Gasteiger partial charge in [-0.15, -0.1) is 0 Å². The van der Waals surface area contributed by atoms with E-state index in [1.807, 2.05) is 36.2 Å². The molecular weight excluding hydrogens is 228 g/mol. The highest BCUT2D eigenvalue weighted by molar-refractivity contribution is 5.41. The van der Waals surface area contributed by atoms with Crippen molar-refractivity contribution in [3.05, 3.63) is 42.4 Å². The van der Waals surface area contributed by atoms with Crippen molar-refractivity contribution in [1.29, 1.82) is 0 Å². The monoisotopic (exact) mass is 244 g/mol. The molecule has 0 saturated heterocycles. The highest BCUT2D eigenvalue weighted by Crippen LogP contribution is 2.10. The van der Waals surface area contributed by atoms with Crippen molar-refractivity contribution in [2.24, 2.45) is 5.84 Å². The molecule has 2 heterocycles. The molecule has 2 rings (SSSR count). The second-order valence-electron chi connectivity index (χ2n) is 3.88. The molecule has 0 unspecified atom stereocenters. The van der Waals surface area contributed by atoms with Gasteiger partial charge in [-0.05, 0) is 18.2 Å². The minimum absolute atomic E-state index is 0.414. The molecule has 3 N–H and O–H groups in total. The van der Waals surface area contributed by atoms with Crippen LogP contribution in [0.5, 0.6) is 0 Å². The average Bonchev–Trinajstić information content (AvgIpc) is 2.46. The van der Waals surface area contributed by atoms with Crippen LogP contribution in [0.1, 0.15) is 5.69 Å². The Bertz CT molecular complexity index is 487. The van der Waals surface area contributed by atoms with Gasteiger partial charge in [0.2, 0.25) is 5.95 Å². The maximum atomic E-state index is 5.28. The summed E-state index contributed by atoms with van der Waals surface area (Å²) in [6.45, 7) is 0.831. The summed E-state index contributed by atoms with van der Waals surface area (Å²) in [6.07, 6.45) is 4.35. The summed E-state index contributed by atoms with van der Waals surface area (Å²) in [6, 6.07) is 7.76. The zero-order valence-corrected chi connectivity index (χ0v) is 10.2. The smallest absolute Gasteiger partial charge is 0.239 e. The first kappa shape index (κ1) is 12.3. The molecule has 0 aliphatic heterocycles. The van der Waals surface area contributed by atoms with E-state index in [1.54, 1.807) is 12.4 Å². The molecule has 0 amide bonds. The van der Waals surface area contributed by atoms with Crippen LogP contribution >= 0.6 is 0 Å². The lowest BCUT2D eigenvalue weighted by Crippen LogP contribution is -2.22. The van der Waals surface area contributed by atoms with E-state index in [-0.39, 0.29) is 0 Å². The summed E-state index contributed by atoms with van der Waals surface area (Å²) in [5.41, 5.74) is 3.50. The Hall–Kier alpha value is -2.21. The van der Waals surface area contributed by atoms with Gasteiger partial charge in [0.15, 0.2) is 0 Å². The SMILES string of the molecule is CN(CCc1ccccn1)c1ccnc(NN)n1. The zero-order valence-electron chi connectivity index (χ0n) is 10.2. The first-order valence-electron chi connectivity index (χ1n) is 5.70. The van der Waals surface area contributed by atoms with E-state index in [4.69, 9.17) is 5.84 Å². The van der Waals surface area contributed by atoms with Crippen LogP contribution in [-0.4, -0.2) is 28.5 Å². The summed E-state index contributed by atoms with van der Waals surface area (Å²) >= 11 is 0. The van der Waals surface area contributed by atoms with Gasteiger partial charge in [-0.25, -0.2) is 10.8 Å². The number of rotatable bonds is 5. The van der Waals surface area contributed by atoms with Crippen LogP contribution in [0, 0.1) is 0 Å². The number of hydrazine groups is 1. The van der Waals surface area contributed by atoms with Crippen molar-refractivity contribution >= 4 is 11.8 Å². The lowest BCUT2D eigenvalue weighted by atomic mass is 10.2. The highest BCUT2D eigenvalue weighted by Gasteiger charge is 2.04. The molecule has 0 fully saturated rings. The van der Waals surface area contributed by atoms with Crippen LogP contribution in [0.15, 0.2) is 36.7 Å². The number of nitrogen functional groups attached to an aromatic ring is 1. The van der Waals surface area contributed by atoms with E-state index in [0.29, 0.717) is 5.95 Å². The molecule has 0 radical (unpaired) electrons. The van der Waals surface area contributed by atoms with Crippen LogP contribution in [-0.2, 0) is 6.42 Å². The molecule has 94 valence electrons. The molecular formula is C12H16N6. The Morgan fingerprint density at radius 3 is 2.83 bits per heavy atom. The second kappa shape index (κ2) is 5.92. The number of aromatic nitrogens is 3. The van der Waals surface area contributed by atoms with Crippen molar-refractivity contribution in [2.45, 2.75) is 6.42 Å². The van der Waals surface area contributed by atoms with Crippen molar-refractivity contribution in [2.75, 3.05) is 23.9 Å². The Balaban J connectivity index is 1.97. The highest BCUT2D eigenvalue weighted by atomic mass is 15.3. The van der Waals surface area contributed by atoms with Gasteiger partial charge in [0.05, 0.1) is 0 Å². The largest absolute Gasteiger partial charge is 0.359 e. The van der Waals surface area contributed by atoms with Gasteiger partial charge in [-0.3, -0.25) is 10.4 Å². The van der Waals surface area contributed by atoms with Crippen molar-refractivity contribution in [3.63, 3.8) is 0 Å². The molecule has 2 aromatic rings. The molecule has 0 aromatic carbocycles. The maximum absolute atomic E-state index is 5.28. The standard InChI is InChI=1S/C12H16N6/c1-18(9-6-10-4-2-3-7-14-10)11-5-8-15-12(16-11)17-13/h2-5,7-8H,6,9,13H2,1H3,(H,15,16,17). The van der Waals surface area contributed by atoms with E-state index >= 15 is 0 Å². The number of nitrogens with two attached hydrogens (primary N) is 1. The van der Waals surface area contributed by atoms with E-state index in [9.17, 15) is 0 Å². The van der Waals surface area contributed by atoms with Gasteiger partial charge in [0, 0.05) is 38.1 Å². The lowest BCUT2D eigenvalue weighted by Gasteiger charge is -2.17. The maximum Gasteiger partial charge on any atom is 0.239 e. The van der Waals surface area contributed by atoms with Crippen molar-refractivity contribution in [1.82, 2.24) is 15.0 Å². The number of nitrogens with one attached hydrogen (secondary N) is 1. The quantitative estimate of drug-likeness (QED) is 0.599. The summed E-state index contributed by atoms with van der Waals surface area (Å²) in [5, 5.41) is 0. The van der Waals surface area contributed by atoms with E-state index in [1.165, 1.54) is 0 Å². The Kier molecular flexibility index (Phi) is 4.03. The summed E-state index contributed by atoms with van der Waals surface area (Å²) in [5.74, 6) is 6.52. The molecule has 0 aliphatic carbocycles. The van der Waals surface area contributed by atoms with Gasteiger partial charge in [0.25, 0.3) is 0 Å². The van der Waals surface area contributed by atoms with Crippen LogP contribution in [0.25, 0.3) is 0 Å². The van der Waals surface area contributed by atoms with E-state index in [2.05, 4.69) is 20.4 Å². The second-order valence-corrected chi connectivity index (χ2v) is 3.88. The third-order valence-corrected chi connectivity index (χ3v) is 2.59. The molecule has 2 aromatic heterocycles. The topological polar surface area (TPSA) is 80.0 Å². The van der Waals surface area contributed by atoms with Gasteiger partial charge in [-0.1, -0.05) is 6.07 Å². The van der Waals surface area contributed by atoms with Gasteiger partial charge < -0.3 is 4.90 Å². The minimum Gasteiger partial charge on any atom is -0.359 e. The zero-order chi connectivity index (χ0) is 12.8. The Labute approximate surface area is 106 Å². The summed E-state index contributed by atoms with van der Waals surface area (Å²) in [7, 11) is 1.98. The van der Waals surface area contributed by atoms with E-state index in [0.717, 1.165) is 24.5 Å². The van der Waals surface area contributed by atoms with Gasteiger partial charge in [-0.2, -0.15) is 4.98 Å². The first-order chi connectivity index (χ1) is 8.79. The number of hydrogen-bond donors (Lipinski definition) is 2. The number of likely N-dealkylation sites (N-methyl/N-ethyl adjacent to an activating group) is 1. The van der Waals surface area contributed by atoms with Gasteiger partial charge in [0.1, 0.15) is 5.82 Å². The normalized spacial score (nSPS) is 10.1. The molecule has 0 saturated carbocycles. The Morgan fingerprint density at radius 1 is 1.22 bits per heavy atom. The van der Waals surface area contributed by atoms with Crippen LogP contribution in [0.2, 0.25) is 0 Å². The molecule has 0 bridgehead atoms. The fraction of sp³-hybridized carbons (Fsp3) is 0.250. The Morgan fingerprint density at radius 2 is 2.11 bits per heavy atom. The summed E-state index contributed by atoms with van der Waals surface area (Å²) in [4.78, 5) is 14.6. The average molecular weight is 244 g/mol. The van der Waals surface area contributed by atoms with Crippen LogP contribution in [0.4, 0.5) is 11.8 Å². The number of hydrogen-bond acceptors (Lipinski definition) is 6. The molecule has 0 aliphatic rings. The molecule has 18 heavy (non-hydrogen) atoms. The summed E-state index contributed by atoms with van der Waals surface area (Å²) < 4.78 is 0. The number of nitrogens with zero attached hydrogens (tertiary/aromatic N) is 4.